The Hall–Kier alpha value is -1.74. The van der Waals surface area contributed by atoms with Crippen molar-refractivity contribution in [2.45, 2.75) is 24.8 Å². The lowest BCUT2D eigenvalue weighted by Crippen LogP contribution is -2.44. The lowest BCUT2D eigenvalue weighted by Gasteiger charge is -2.35. The van der Waals surface area contributed by atoms with Gasteiger partial charge in [0, 0.05) is 22.5 Å². The molecule has 9 heteroatoms. The quantitative estimate of drug-likeness (QED) is 0.496. The second kappa shape index (κ2) is 9.38. The summed E-state index contributed by atoms with van der Waals surface area (Å²) in [6.45, 7) is 0.645. The van der Waals surface area contributed by atoms with Crippen molar-refractivity contribution in [3.8, 4) is 5.75 Å². The van der Waals surface area contributed by atoms with E-state index in [1.165, 1.54) is 0 Å². The molecule has 2 aromatic rings. The van der Waals surface area contributed by atoms with Gasteiger partial charge >= 0.3 is 0 Å². The monoisotopic (exact) mass is 445 g/mol. The topological polar surface area (TPSA) is 64.6 Å². The van der Waals surface area contributed by atoms with Crippen LogP contribution in [0.2, 0.25) is 5.02 Å². The summed E-state index contributed by atoms with van der Waals surface area (Å²) >= 11 is 5.94. The van der Waals surface area contributed by atoms with Gasteiger partial charge in [-0.25, -0.2) is 8.78 Å². The highest BCUT2D eigenvalue weighted by molar-refractivity contribution is 7.85. The molecule has 0 fully saturated rings. The van der Waals surface area contributed by atoms with Gasteiger partial charge in [-0.1, -0.05) is 23.7 Å². The lowest BCUT2D eigenvalue weighted by molar-refractivity contribution is 0.196. The summed E-state index contributed by atoms with van der Waals surface area (Å²) in [5.41, 5.74) is 1.14. The maximum absolute atomic E-state index is 14.6. The van der Waals surface area contributed by atoms with Gasteiger partial charge < -0.3 is 10.1 Å². The number of fused-ring (bicyclic) bond motifs is 1. The van der Waals surface area contributed by atoms with E-state index in [4.69, 9.17) is 20.5 Å². The van der Waals surface area contributed by atoms with Gasteiger partial charge in [-0.2, -0.15) is 8.42 Å². The number of nitrogens with one attached hydrogen (secondary N) is 1. The molecule has 2 aromatic carbocycles. The number of rotatable bonds is 8. The van der Waals surface area contributed by atoms with Crippen LogP contribution in [0, 0.1) is 11.6 Å². The number of halogens is 3. The molecule has 29 heavy (non-hydrogen) atoms. The molecular formula is C20H22ClF2NO4S. The molecule has 5 nitrogen and oxygen atoms in total. The molecule has 2 atom stereocenters. The summed E-state index contributed by atoms with van der Waals surface area (Å²) in [5.74, 6) is -1.54. The third-order valence-electron chi connectivity index (χ3n) is 4.75. The van der Waals surface area contributed by atoms with E-state index in [2.05, 4.69) is 5.32 Å². The van der Waals surface area contributed by atoms with Crippen LogP contribution in [0.4, 0.5) is 8.78 Å². The minimum absolute atomic E-state index is 0.0425. The van der Waals surface area contributed by atoms with E-state index in [-0.39, 0.29) is 36.5 Å². The zero-order chi connectivity index (χ0) is 21.0. The van der Waals surface area contributed by atoms with E-state index in [1.54, 1.807) is 12.1 Å². The van der Waals surface area contributed by atoms with Crippen LogP contribution >= 0.6 is 11.6 Å². The Morgan fingerprint density at radius 3 is 2.55 bits per heavy atom. The maximum atomic E-state index is 14.6. The summed E-state index contributed by atoms with van der Waals surface area (Å²) in [6, 6.07) is 9.09. The largest absolute Gasteiger partial charge is 0.488 e. The molecule has 0 saturated heterocycles. The first-order chi connectivity index (χ1) is 13.7. The fraction of sp³-hybridized carbons (Fsp3) is 0.400. The Bertz CT molecular complexity index is 954. The molecule has 0 aliphatic carbocycles. The molecule has 1 aliphatic rings. The highest BCUT2D eigenvalue weighted by Crippen LogP contribution is 2.39. The van der Waals surface area contributed by atoms with E-state index >= 15 is 0 Å². The van der Waals surface area contributed by atoms with Crippen molar-refractivity contribution in [1.82, 2.24) is 5.32 Å². The average molecular weight is 446 g/mol. The van der Waals surface area contributed by atoms with Crippen molar-refractivity contribution < 1.29 is 26.1 Å². The van der Waals surface area contributed by atoms with Crippen molar-refractivity contribution in [2.24, 2.45) is 0 Å². The fourth-order valence-corrected chi connectivity index (χ4v) is 3.97. The van der Waals surface area contributed by atoms with Gasteiger partial charge in [0.15, 0.2) is 11.6 Å². The van der Waals surface area contributed by atoms with E-state index in [1.807, 2.05) is 12.1 Å². The van der Waals surface area contributed by atoms with Crippen LogP contribution in [-0.4, -0.2) is 40.5 Å². The number of benzene rings is 2. The Morgan fingerprint density at radius 2 is 1.86 bits per heavy atom. The smallest absolute Gasteiger partial charge is 0.264 e. The van der Waals surface area contributed by atoms with Crippen molar-refractivity contribution in [3.05, 3.63) is 64.2 Å². The molecule has 0 saturated carbocycles. The molecule has 1 N–H and O–H groups in total. The standard InChI is InChI=1S/C20H22ClF2NO4S/c1-29(25,26)28-10-2-9-24-18-12-27-20-17(23)8-7-16(22)19(20)15(18)11-13-3-5-14(21)6-4-13/h3-8,15,18,24H,2,9-12H2,1H3/t15-,18+/m1/s1. The molecule has 0 aromatic heterocycles. The summed E-state index contributed by atoms with van der Waals surface area (Å²) in [5, 5.41) is 3.86. The third-order valence-corrected chi connectivity index (χ3v) is 5.60. The van der Waals surface area contributed by atoms with E-state index in [0.29, 0.717) is 24.4 Å². The van der Waals surface area contributed by atoms with Crippen LogP contribution in [0.25, 0.3) is 0 Å². The highest BCUT2D eigenvalue weighted by Gasteiger charge is 2.35. The molecule has 0 unspecified atom stereocenters. The Balaban J connectivity index is 1.77. The second-order valence-electron chi connectivity index (χ2n) is 6.96. The van der Waals surface area contributed by atoms with Gasteiger partial charge in [-0.05, 0) is 49.2 Å². The first kappa shape index (κ1) is 22.0. The normalized spacial score (nSPS) is 18.9. The number of hydrogen-bond donors (Lipinski definition) is 1. The number of hydrogen-bond acceptors (Lipinski definition) is 5. The molecule has 0 bridgehead atoms. The summed E-state index contributed by atoms with van der Waals surface area (Å²) in [7, 11) is -3.49. The van der Waals surface area contributed by atoms with Gasteiger partial charge in [0.2, 0.25) is 0 Å². The lowest BCUT2D eigenvalue weighted by atomic mass is 9.83. The van der Waals surface area contributed by atoms with Crippen molar-refractivity contribution in [1.29, 1.82) is 0 Å². The van der Waals surface area contributed by atoms with Crippen LogP contribution in [0.3, 0.4) is 0 Å². The Kier molecular flexibility index (Phi) is 7.10. The summed E-state index contributed by atoms with van der Waals surface area (Å²) < 4.78 is 61.1. The SMILES string of the molecule is CS(=O)(=O)OCCCN[C@H]1COc2c(F)ccc(F)c2[C@@H]1Cc1ccc(Cl)cc1. The average Bonchev–Trinajstić information content (AvgIpc) is 2.66. The summed E-state index contributed by atoms with van der Waals surface area (Å²) in [4.78, 5) is 0. The van der Waals surface area contributed by atoms with E-state index in [9.17, 15) is 17.2 Å². The van der Waals surface area contributed by atoms with Gasteiger partial charge in [0.1, 0.15) is 12.4 Å². The first-order valence-corrected chi connectivity index (χ1v) is 11.4. The fourth-order valence-electron chi connectivity index (χ4n) is 3.42. The highest BCUT2D eigenvalue weighted by atomic mass is 35.5. The molecular weight excluding hydrogens is 424 g/mol. The van der Waals surface area contributed by atoms with Crippen LogP contribution in [0.5, 0.6) is 5.75 Å². The van der Waals surface area contributed by atoms with E-state index in [0.717, 1.165) is 24.0 Å². The molecule has 1 heterocycles. The van der Waals surface area contributed by atoms with E-state index < -0.39 is 21.8 Å². The van der Waals surface area contributed by atoms with Crippen LogP contribution in [0.15, 0.2) is 36.4 Å². The van der Waals surface area contributed by atoms with Gasteiger partial charge in [0.05, 0.1) is 12.9 Å². The Morgan fingerprint density at radius 1 is 1.17 bits per heavy atom. The zero-order valence-electron chi connectivity index (χ0n) is 15.8. The van der Waals surface area contributed by atoms with Gasteiger partial charge in [0.25, 0.3) is 10.1 Å². The van der Waals surface area contributed by atoms with Crippen molar-refractivity contribution in [3.63, 3.8) is 0 Å². The van der Waals surface area contributed by atoms with Gasteiger partial charge in [-0.3, -0.25) is 4.18 Å². The van der Waals surface area contributed by atoms with Crippen LogP contribution < -0.4 is 10.1 Å². The van der Waals surface area contributed by atoms with Crippen molar-refractivity contribution in [2.75, 3.05) is 26.0 Å². The molecule has 3 rings (SSSR count). The summed E-state index contributed by atoms with van der Waals surface area (Å²) in [6.07, 6.45) is 1.90. The number of ether oxygens (including phenoxy) is 1. The molecule has 158 valence electrons. The minimum Gasteiger partial charge on any atom is -0.488 e. The molecule has 0 amide bonds. The van der Waals surface area contributed by atoms with Gasteiger partial charge in [-0.15, -0.1) is 0 Å². The predicted octanol–water partition coefficient (Wildman–Crippen LogP) is 3.66. The van der Waals surface area contributed by atoms with Crippen LogP contribution in [0.1, 0.15) is 23.5 Å². The third kappa shape index (κ3) is 5.88. The van der Waals surface area contributed by atoms with Crippen molar-refractivity contribution >= 4 is 21.7 Å². The maximum Gasteiger partial charge on any atom is 0.264 e. The molecule has 0 radical (unpaired) electrons. The zero-order valence-corrected chi connectivity index (χ0v) is 17.4. The molecule has 0 spiro atoms. The molecule has 1 aliphatic heterocycles. The second-order valence-corrected chi connectivity index (χ2v) is 9.04. The first-order valence-electron chi connectivity index (χ1n) is 9.17. The van der Waals surface area contributed by atoms with Crippen LogP contribution in [-0.2, 0) is 20.7 Å². The Labute approximate surface area is 174 Å². The minimum atomic E-state index is -3.49. The predicted molar refractivity (Wildman–Crippen MR) is 107 cm³/mol.